The van der Waals surface area contributed by atoms with E-state index in [1.807, 2.05) is 37.3 Å². The summed E-state index contributed by atoms with van der Waals surface area (Å²) >= 11 is 0. The van der Waals surface area contributed by atoms with Crippen molar-refractivity contribution < 1.29 is 4.74 Å². The Kier molecular flexibility index (Phi) is 5.07. The van der Waals surface area contributed by atoms with Crippen molar-refractivity contribution in [3.63, 3.8) is 0 Å². The van der Waals surface area contributed by atoms with Gasteiger partial charge in [0.1, 0.15) is 11.9 Å². The molecule has 1 atom stereocenters. The average Bonchev–Trinajstić information content (AvgIpc) is 2.36. The molecule has 0 aliphatic heterocycles. The molecule has 4 heteroatoms. The number of guanidine groups is 1. The molecule has 1 fully saturated rings. The highest BCUT2D eigenvalue weighted by atomic mass is 16.5. The molecule has 1 aromatic rings. The van der Waals surface area contributed by atoms with Crippen LogP contribution in [0, 0.1) is 5.92 Å². The van der Waals surface area contributed by atoms with Gasteiger partial charge in [0.2, 0.25) is 0 Å². The average molecular weight is 261 g/mol. The van der Waals surface area contributed by atoms with Crippen LogP contribution in [0.1, 0.15) is 26.2 Å². The number of hydrogen-bond acceptors (Lipinski definition) is 2. The second-order valence-corrected chi connectivity index (χ2v) is 5.15. The van der Waals surface area contributed by atoms with Crippen LogP contribution in [0.3, 0.4) is 0 Å². The first-order chi connectivity index (χ1) is 9.24. The van der Waals surface area contributed by atoms with E-state index in [0.29, 0.717) is 12.5 Å². The molecule has 0 bridgehead atoms. The summed E-state index contributed by atoms with van der Waals surface area (Å²) in [7, 11) is 0. The molecule has 0 spiro atoms. The number of nitrogens with zero attached hydrogens (tertiary/aromatic N) is 1. The van der Waals surface area contributed by atoms with Crippen LogP contribution in [0.2, 0.25) is 0 Å². The van der Waals surface area contributed by atoms with Gasteiger partial charge >= 0.3 is 0 Å². The molecule has 1 aliphatic carbocycles. The Morgan fingerprint density at radius 2 is 2.16 bits per heavy atom. The van der Waals surface area contributed by atoms with E-state index < -0.39 is 0 Å². The third-order valence-electron chi connectivity index (χ3n) is 3.40. The largest absolute Gasteiger partial charge is 0.489 e. The maximum Gasteiger partial charge on any atom is 0.188 e. The Bertz CT molecular complexity index is 401. The van der Waals surface area contributed by atoms with Gasteiger partial charge in [-0.3, -0.25) is 0 Å². The highest BCUT2D eigenvalue weighted by Crippen LogP contribution is 2.24. The van der Waals surface area contributed by atoms with Crippen LogP contribution in [-0.4, -0.2) is 25.2 Å². The molecule has 0 aromatic heterocycles. The van der Waals surface area contributed by atoms with E-state index in [9.17, 15) is 0 Å². The molecule has 0 amide bonds. The van der Waals surface area contributed by atoms with Crippen LogP contribution < -0.4 is 15.8 Å². The predicted octanol–water partition coefficient (Wildman–Crippen LogP) is 2.16. The Balaban J connectivity index is 1.67. The molecule has 1 unspecified atom stereocenters. The Hall–Kier alpha value is -1.71. The van der Waals surface area contributed by atoms with Gasteiger partial charge in [-0.2, -0.15) is 0 Å². The minimum absolute atomic E-state index is 0.0199. The summed E-state index contributed by atoms with van der Waals surface area (Å²) in [6.07, 6.45) is 4.00. The van der Waals surface area contributed by atoms with E-state index in [1.54, 1.807) is 0 Å². The number of ether oxygens (including phenoxy) is 1. The molecule has 0 saturated heterocycles. The fraction of sp³-hybridized carbons (Fsp3) is 0.533. The number of hydrogen-bond donors (Lipinski definition) is 2. The molecule has 1 aliphatic rings. The maximum atomic E-state index is 5.83. The zero-order chi connectivity index (χ0) is 13.5. The van der Waals surface area contributed by atoms with Gasteiger partial charge in [-0.05, 0) is 37.8 Å². The quantitative estimate of drug-likeness (QED) is 0.609. The lowest BCUT2D eigenvalue weighted by Crippen LogP contribution is -2.37. The first-order valence-electron chi connectivity index (χ1n) is 6.99. The number of nitrogens with two attached hydrogens (primary N) is 1. The monoisotopic (exact) mass is 261 g/mol. The van der Waals surface area contributed by atoms with Gasteiger partial charge in [0, 0.05) is 6.54 Å². The summed E-state index contributed by atoms with van der Waals surface area (Å²) in [5.41, 5.74) is 5.83. The van der Waals surface area contributed by atoms with E-state index in [-0.39, 0.29) is 6.10 Å². The van der Waals surface area contributed by atoms with E-state index in [1.165, 1.54) is 19.3 Å². The second kappa shape index (κ2) is 7.02. The maximum absolute atomic E-state index is 5.83. The highest BCUT2D eigenvalue weighted by molar-refractivity contribution is 5.77. The van der Waals surface area contributed by atoms with Crippen LogP contribution >= 0.6 is 0 Å². The van der Waals surface area contributed by atoms with Crippen molar-refractivity contribution in [3.8, 4) is 5.75 Å². The van der Waals surface area contributed by atoms with Crippen LogP contribution in [0.15, 0.2) is 35.3 Å². The highest BCUT2D eigenvalue weighted by Gasteiger charge is 2.16. The molecule has 4 nitrogen and oxygen atoms in total. The molecular weight excluding hydrogens is 238 g/mol. The first-order valence-corrected chi connectivity index (χ1v) is 6.99. The minimum Gasteiger partial charge on any atom is -0.489 e. The molecule has 2 rings (SSSR count). The Morgan fingerprint density at radius 3 is 2.79 bits per heavy atom. The Morgan fingerprint density at radius 1 is 1.42 bits per heavy atom. The fourth-order valence-corrected chi connectivity index (χ4v) is 2.00. The zero-order valence-electron chi connectivity index (χ0n) is 11.5. The summed E-state index contributed by atoms with van der Waals surface area (Å²) in [5, 5.41) is 3.18. The minimum atomic E-state index is 0.0199. The summed E-state index contributed by atoms with van der Waals surface area (Å²) in [6, 6.07) is 9.77. The number of para-hydroxylation sites is 1. The molecule has 1 aromatic carbocycles. The second-order valence-electron chi connectivity index (χ2n) is 5.15. The molecule has 0 heterocycles. The van der Waals surface area contributed by atoms with Gasteiger partial charge in [0.25, 0.3) is 0 Å². The number of aliphatic imine (C=N–C) groups is 1. The predicted molar refractivity (Wildman–Crippen MR) is 78.4 cm³/mol. The fourth-order valence-electron chi connectivity index (χ4n) is 2.00. The van der Waals surface area contributed by atoms with Gasteiger partial charge in [-0.1, -0.05) is 24.6 Å². The van der Waals surface area contributed by atoms with Crippen LogP contribution in [-0.2, 0) is 0 Å². The Labute approximate surface area is 115 Å². The smallest absolute Gasteiger partial charge is 0.188 e. The number of benzene rings is 1. The van der Waals surface area contributed by atoms with Crippen molar-refractivity contribution >= 4 is 5.96 Å². The topological polar surface area (TPSA) is 59.6 Å². The summed E-state index contributed by atoms with van der Waals surface area (Å²) in [6.45, 7) is 3.51. The molecule has 19 heavy (non-hydrogen) atoms. The summed E-state index contributed by atoms with van der Waals surface area (Å²) < 4.78 is 5.73. The van der Waals surface area contributed by atoms with Gasteiger partial charge in [0.05, 0.1) is 6.54 Å². The molecular formula is C15H23N3O. The van der Waals surface area contributed by atoms with Crippen molar-refractivity contribution in [1.82, 2.24) is 5.32 Å². The number of rotatable bonds is 6. The van der Waals surface area contributed by atoms with Gasteiger partial charge in [0.15, 0.2) is 5.96 Å². The molecule has 1 saturated carbocycles. The van der Waals surface area contributed by atoms with Gasteiger partial charge < -0.3 is 15.8 Å². The standard InChI is InChI=1S/C15H23N3O/c1-12(19-14-8-3-2-4-9-14)10-17-15(16)18-11-13-6-5-7-13/h2-4,8-9,12-13H,5-7,10-11H2,1H3,(H3,16,17,18). The van der Waals surface area contributed by atoms with Crippen molar-refractivity contribution in [2.75, 3.05) is 13.1 Å². The SMILES string of the molecule is CC(CN=C(N)NCC1CCC1)Oc1ccccc1. The van der Waals surface area contributed by atoms with Crippen LogP contribution in [0.4, 0.5) is 0 Å². The summed E-state index contributed by atoms with van der Waals surface area (Å²) in [4.78, 5) is 4.31. The van der Waals surface area contributed by atoms with Crippen molar-refractivity contribution in [2.45, 2.75) is 32.3 Å². The lowest BCUT2D eigenvalue weighted by molar-refractivity contribution is 0.230. The zero-order valence-corrected chi connectivity index (χ0v) is 11.5. The van der Waals surface area contributed by atoms with Crippen molar-refractivity contribution in [1.29, 1.82) is 0 Å². The van der Waals surface area contributed by atoms with Crippen molar-refractivity contribution in [3.05, 3.63) is 30.3 Å². The van der Waals surface area contributed by atoms with Crippen molar-refractivity contribution in [2.24, 2.45) is 16.6 Å². The van der Waals surface area contributed by atoms with Gasteiger partial charge in [-0.15, -0.1) is 0 Å². The normalized spacial score (nSPS) is 17.6. The molecule has 104 valence electrons. The lowest BCUT2D eigenvalue weighted by Gasteiger charge is -2.25. The van der Waals surface area contributed by atoms with E-state index >= 15 is 0 Å². The molecule has 3 N–H and O–H groups in total. The summed E-state index contributed by atoms with van der Waals surface area (Å²) in [5.74, 6) is 2.17. The van der Waals surface area contributed by atoms with E-state index in [4.69, 9.17) is 10.5 Å². The first kappa shape index (κ1) is 13.7. The van der Waals surface area contributed by atoms with E-state index in [2.05, 4.69) is 10.3 Å². The lowest BCUT2D eigenvalue weighted by atomic mass is 9.85. The van der Waals surface area contributed by atoms with Gasteiger partial charge in [-0.25, -0.2) is 4.99 Å². The number of nitrogens with one attached hydrogen (secondary N) is 1. The van der Waals surface area contributed by atoms with Crippen LogP contribution in [0.25, 0.3) is 0 Å². The third-order valence-corrected chi connectivity index (χ3v) is 3.40. The third kappa shape index (κ3) is 4.81. The van der Waals surface area contributed by atoms with E-state index in [0.717, 1.165) is 18.2 Å². The van der Waals surface area contributed by atoms with Crippen LogP contribution in [0.5, 0.6) is 5.75 Å². The molecule has 0 radical (unpaired) electrons.